The molecule has 3 aromatic carbocycles. The summed E-state index contributed by atoms with van der Waals surface area (Å²) in [7, 11) is -4.02. The number of nitrogens with one attached hydrogen (secondary N) is 1. The van der Waals surface area contributed by atoms with Crippen LogP contribution in [0.3, 0.4) is 0 Å². The molecular formula is C23H23N3O5S. The van der Waals surface area contributed by atoms with Crippen molar-refractivity contribution in [3.8, 4) is 11.5 Å². The monoisotopic (exact) mass is 453 g/mol. The van der Waals surface area contributed by atoms with E-state index in [1.807, 2.05) is 0 Å². The zero-order valence-electron chi connectivity index (χ0n) is 17.6. The second kappa shape index (κ2) is 9.52. The highest BCUT2D eigenvalue weighted by atomic mass is 32.2. The fourth-order valence-electron chi connectivity index (χ4n) is 3.05. The predicted molar refractivity (Wildman–Crippen MR) is 122 cm³/mol. The molecule has 0 bridgehead atoms. The molecule has 0 saturated carbocycles. The van der Waals surface area contributed by atoms with Gasteiger partial charge in [-0.05, 0) is 55.8 Å². The first-order chi connectivity index (χ1) is 15.2. The molecule has 9 heteroatoms. The molecule has 32 heavy (non-hydrogen) atoms. The molecule has 3 aromatic rings. The Labute approximate surface area is 186 Å². The first-order valence-electron chi connectivity index (χ1n) is 9.69. The van der Waals surface area contributed by atoms with Gasteiger partial charge in [-0.15, -0.1) is 0 Å². The number of rotatable bonds is 7. The molecule has 166 valence electrons. The molecule has 0 aliphatic heterocycles. The largest absolute Gasteiger partial charge is 0.508 e. The molecule has 3 rings (SSSR count). The molecule has 0 atom stereocenters. The van der Waals surface area contributed by atoms with Gasteiger partial charge in [0, 0.05) is 5.56 Å². The van der Waals surface area contributed by atoms with E-state index < -0.39 is 22.5 Å². The fraction of sp³-hybridized carbons (Fsp3) is 0.130. The van der Waals surface area contributed by atoms with E-state index in [4.69, 9.17) is 0 Å². The molecule has 3 N–H and O–H groups in total. The molecule has 0 saturated heterocycles. The summed E-state index contributed by atoms with van der Waals surface area (Å²) < 4.78 is 27.7. The highest BCUT2D eigenvalue weighted by molar-refractivity contribution is 7.92. The molecule has 0 unspecified atom stereocenters. The quantitative estimate of drug-likeness (QED) is 0.288. The number of benzene rings is 3. The van der Waals surface area contributed by atoms with E-state index in [0.717, 1.165) is 4.31 Å². The SMILES string of the molecule is CC(=NNC(=O)CN(c1ccccc1C)S(=O)(=O)c1ccccc1)c1cc(O)ccc1O. The summed E-state index contributed by atoms with van der Waals surface area (Å²) in [6, 6.07) is 18.6. The standard InChI is InChI=1S/C23H23N3O5S/c1-16-8-6-7-11-21(16)26(32(30,31)19-9-4-3-5-10-19)15-23(29)25-24-17(2)20-14-18(27)12-13-22(20)28/h3-14,27-28H,15H2,1-2H3,(H,25,29). The summed E-state index contributed by atoms with van der Waals surface area (Å²) >= 11 is 0. The average Bonchev–Trinajstić information content (AvgIpc) is 2.78. The number of aryl methyl sites for hydroxylation is 1. The van der Waals surface area contributed by atoms with Crippen molar-refractivity contribution in [2.75, 3.05) is 10.8 Å². The van der Waals surface area contributed by atoms with E-state index in [1.165, 1.54) is 37.3 Å². The van der Waals surface area contributed by atoms with E-state index in [0.29, 0.717) is 11.3 Å². The van der Waals surface area contributed by atoms with Crippen molar-refractivity contribution in [2.24, 2.45) is 5.10 Å². The van der Waals surface area contributed by atoms with Gasteiger partial charge in [-0.3, -0.25) is 9.10 Å². The van der Waals surface area contributed by atoms with Crippen LogP contribution < -0.4 is 9.73 Å². The first-order valence-corrected chi connectivity index (χ1v) is 11.1. The van der Waals surface area contributed by atoms with E-state index in [-0.39, 0.29) is 27.7 Å². The Kier molecular flexibility index (Phi) is 6.79. The molecule has 0 aliphatic carbocycles. The van der Waals surface area contributed by atoms with Crippen LogP contribution in [-0.4, -0.2) is 36.8 Å². The van der Waals surface area contributed by atoms with Gasteiger partial charge in [0.05, 0.1) is 16.3 Å². The van der Waals surface area contributed by atoms with Crippen molar-refractivity contribution >= 4 is 27.3 Å². The molecule has 0 aromatic heterocycles. The Morgan fingerprint density at radius 1 is 1.00 bits per heavy atom. The summed E-state index contributed by atoms with van der Waals surface area (Å²) in [4.78, 5) is 12.7. The lowest BCUT2D eigenvalue weighted by atomic mass is 10.1. The smallest absolute Gasteiger partial charge is 0.264 e. The number of aromatic hydroxyl groups is 2. The number of anilines is 1. The van der Waals surface area contributed by atoms with E-state index in [1.54, 1.807) is 49.4 Å². The van der Waals surface area contributed by atoms with E-state index in [2.05, 4.69) is 10.5 Å². The molecule has 0 heterocycles. The number of phenolic OH excluding ortho intramolecular Hbond substituents is 2. The Morgan fingerprint density at radius 3 is 2.34 bits per heavy atom. The number of sulfonamides is 1. The van der Waals surface area contributed by atoms with Gasteiger partial charge in [0.1, 0.15) is 18.0 Å². The van der Waals surface area contributed by atoms with Gasteiger partial charge >= 0.3 is 0 Å². The number of hydrogen-bond acceptors (Lipinski definition) is 6. The third-order valence-electron chi connectivity index (χ3n) is 4.72. The zero-order valence-corrected chi connectivity index (χ0v) is 18.4. The summed E-state index contributed by atoms with van der Waals surface area (Å²) in [6.07, 6.45) is 0. The molecule has 1 amide bonds. The number of hydrazone groups is 1. The van der Waals surface area contributed by atoms with Gasteiger partial charge in [0.2, 0.25) is 0 Å². The maximum Gasteiger partial charge on any atom is 0.264 e. The Hall–Kier alpha value is -3.85. The van der Waals surface area contributed by atoms with Crippen molar-refractivity contribution in [3.05, 3.63) is 83.9 Å². The van der Waals surface area contributed by atoms with E-state index in [9.17, 15) is 23.4 Å². The number of hydrogen-bond donors (Lipinski definition) is 3. The molecule has 0 aliphatic rings. The number of para-hydroxylation sites is 1. The van der Waals surface area contributed by atoms with Crippen molar-refractivity contribution in [1.29, 1.82) is 0 Å². The van der Waals surface area contributed by atoms with Crippen LogP contribution in [0.1, 0.15) is 18.1 Å². The van der Waals surface area contributed by atoms with Crippen LogP contribution in [0.4, 0.5) is 5.69 Å². The number of amides is 1. The molecule has 0 fully saturated rings. The average molecular weight is 454 g/mol. The maximum atomic E-state index is 13.3. The van der Waals surface area contributed by atoms with Gasteiger partial charge in [0.25, 0.3) is 15.9 Å². The minimum Gasteiger partial charge on any atom is -0.508 e. The maximum absolute atomic E-state index is 13.3. The van der Waals surface area contributed by atoms with Crippen molar-refractivity contribution in [1.82, 2.24) is 5.43 Å². The lowest BCUT2D eigenvalue weighted by Crippen LogP contribution is -2.40. The summed E-state index contributed by atoms with van der Waals surface area (Å²) in [6.45, 7) is 2.78. The van der Waals surface area contributed by atoms with Crippen molar-refractivity contribution in [3.63, 3.8) is 0 Å². The van der Waals surface area contributed by atoms with Crippen LogP contribution in [0.15, 0.2) is 82.8 Å². The second-order valence-electron chi connectivity index (χ2n) is 7.04. The number of phenols is 2. The van der Waals surface area contributed by atoms with Gasteiger partial charge in [-0.25, -0.2) is 13.8 Å². The lowest BCUT2D eigenvalue weighted by Gasteiger charge is -2.25. The van der Waals surface area contributed by atoms with Crippen LogP contribution in [0.25, 0.3) is 0 Å². The molecule has 0 spiro atoms. The highest BCUT2D eigenvalue weighted by Gasteiger charge is 2.28. The topological polar surface area (TPSA) is 119 Å². The van der Waals surface area contributed by atoms with Gasteiger partial charge < -0.3 is 10.2 Å². The number of carbonyl (C=O) groups is 1. The lowest BCUT2D eigenvalue weighted by molar-refractivity contribution is -0.119. The molecular weight excluding hydrogens is 430 g/mol. The Bertz CT molecular complexity index is 1260. The van der Waals surface area contributed by atoms with Crippen LogP contribution in [-0.2, 0) is 14.8 Å². The number of nitrogens with zero attached hydrogens (tertiary/aromatic N) is 2. The summed E-state index contributed by atoms with van der Waals surface area (Å²) in [5, 5.41) is 23.5. The van der Waals surface area contributed by atoms with Crippen LogP contribution >= 0.6 is 0 Å². The highest BCUT2D eigenvalue weighted by Crippen LogP contribution is 2.26. The normalized spacial score (nSPS) is 11.8. The first kappa shape index (κ1) is 22.8. The Balaban J connectivity index is 1.89. The second-order valence-corrected chi connectivity index (χ2v) is 8.91. The summed E-state index contributed by atoms with van der Waals surface area (Å²) in [5.41, 5.74) is 3.85. The number of carbonyl (C=O) groups excluding carboxylic acids is 1. The third-order valence-corrected chi connectivity index (χ3v) is 6.49. The minimum absolute atomic E-state index is 0.0559. The van der Waals surface area contributed by atoms with Gasteiger partial charge in [0.15, 0.2) is 0 Å². The fourth-order valence-corrected chi connectivity index (χ4v) is 4.56. The van der Waals surface area contributed by atoms with Crippen LogP contribution in [0, 0.1) is 6.92 Å². The Morgan fingerprint density at radius 2 is 1.66 bits per heavy atom. The van der Waals surface area contributed by atoms with Crippen molar-refractivity contribution < 1.29 is 23.4 Å². The van der Waals surface area contributed by atoms with Gasteiger partial charge in [-0.2, -0.15) is 5.10 Å². The van der Waals surface area contributed by atoms with Crippen molar-refractivity contribution in [2.45, 2.75) is 18.7 Å². The molecule has 0 radical (unpaired) electrons. The van der Waals surface area contributed by atoms with Crippen LogP contribution in [0.5, 0.6) is 11.5 Å². The third kappa shape index (κ3) is 5.06. The van der Waals surface area contributed by atoms with E-state index >= 15 is 0 Å². The molecule has 8 nitrogen and oxygen atoms in total. The van der Waals surface area contributed by atoms with Gasteiger partial charge in [-0.1, -0.05) is 36.4 Å². The minimum atomic E-state index is -4.02. The van der Waals surface area contributed by atoms with Crippen LogP contribution in [0.2, 0.25) is 0 Å². The summed E-state index contributed by atoms with van der Waals surface area (Å²) in [5.74, 6) is -0.864. The predicted octanol–water partition coefficient (Wildman–Crippen LogP) is 3.14. The zero-order chi connectivity index (χ0) is 23.3.